The second-order valence-corrected chi connectivity index (χ2v) is 6.14. The molecule has 0 spiro atoms. The van der Waals surface area contributed by atoms with Gasteiger partial charge in [-0.1, -0.05) is 0 Å². The molecule has 0 radical (unpaired) electrons. The molecule has 106 valence electrons. The highest BCUT2D eigenvalue weighted by atomic mass is 79.9. The summed E-state index contributed by atoms with van der Waals surface area (Å²) in [5, 5.41) is 18.3. The fraction of sp³-hybridized carbons (Fsp3) is 0.308. The molecule has 2 rings (SSSR count). The zero-order valence-corrected chi connectivity index (χ0v) is 13.5. The van der Waals surface area contributed by atoms with Crippen molar-refractivity contribution in [3.05, 3.63) is 48.7 Å². The van der Waals surface area contributed by atoms with E-state index in [0.29, 0.717) is 15.9 Å². The van der Waals surface area contributed by atoms with Crippen LogP contribution in [0.4, 0.5) is 11.5 Å². The number of hydrogen-bond acceptors (Lipinski definition) is 5. The Morgan fingerprint density at radius 3 is 2.95 bits per heavy atom. The van der Waals surface area contributed by atoms with E-state index < -0.39 is 4.92 Å². The number of pyridine rings is 1. The minimum Gasteiger partial charge on any atom is -0.366 e. The van der Waals surface area contributed by atoms with Crippen molar-refractivity contribution >= 4 is 38.8 Å². The molecule has 0 aromatic carbocycles. The van der Waals surface area contributed by atoms with Crippen LogP contribution in [0.5, 0.6) is 0 Å². The molecule has 0 fully saturated rings. The Hall–Kier alpha value is -1.47. The normalized spacial score (nSPS) is 12.2. The van der Waals surface area contributed by atoms with Crippen molar-refractivity contribution in [2.45, 2.75) is 26.3 Å². The van der Waals surface area contributed by atoms with Crippen LogP contribution < -0.4 is 5.32 Å². The van der Waals surface area contributed by atoms with Crippen molar-refractivity contribution in [3.63, 3.8) is 0 Å². The summed E-state index contributed by atoms with van der Waals surface area (Å²) in [5.74, 6) is 0.635. The Kier molecular flexibility index (Phi) is 4.72. The first-order chi connectivity index (χ1) is 9.49. The van der Waals surface area contributed by atoms with Gasteiger partial charge >= 0.3 is 0 Å². The predicted octanol–water partition coefficient (Wildman–Crippen LogP) is 4.17. The lowest BCUT2D eigenvalue weighted by Crippen LogP contribution is -2.19. The summed E-state index contributed by atoms with van der Waals surface area (Å²) in [7, 11) is 0. The standard InChI is InChI=1S/C13H14BrN3O2S/c1-8(5-10-3-4-20-7-10)16-13-12(14)9(2)11(6-15-13)17(18)19/h3-4,6-8H,5H2,1-2H3,(H,15,16). The van der Waals surface area contributed by atoms with Gasteiger partial charge in [-0.3, -0.25) is 10.1 Å². The first-order valence-electron chi connectivity index (χ1n) is 6.06. The molecule has 1 atom stereocenters. The van der Waals surface area contributed by atoms with Crippen molar-refractivity contribution in [3.8, 4) is 0 Å². The largest absolute Gasteiger partial charge is 0.366 e. The Morgan fingerprint density at radius 2 is 2.35 bits per heavy atom. The number of nitro groups is 1. The van der Waals surface area contributed by atoms with Crippen LogP contribution in [-0.2, 0) is 6.42 Å². The molecule has 2 heterocycles. The van der Waals surface area contributed by atoms with Crippen LogP contribution in [0.25, 0.3) is 0 Å². The molecule has 20 heavy (non-hydrogen) atoms. The summed E-state index contributed by atoms with van der Waals surface area (Å²) in [5.41, 5.74) is 1.87. The Labute approximate surface area is 129 Å². The molecule has 0 aliphatic carbocycles. The topological polar surface area (TPSA) is 68.1 Å². The van der Waals surface area contributed by atoms with Gasteiger partial charge in [-0.05, 0) is 58.6 Å². The highest BCUT2D eigenvalue weighted by Crippen LogP contribution is 2.31. The molecule has 0 saturated heterocycles. The smallest absolute Gasteiger partial charge is 0.291 e. The Balaban J connectivity index is 2.13. The zero-order valence-electron chi connectivity index (χ0n) is 11.1. The fourth-order valence-corrected chi connectivity index (χ4v) is 3.00. The summed E-state index contributed by atoms with van der Waals surface area (Å²) in [6, 6.07) is 2.28. The maximum Gasteiger partial charge on any atom is 0.291 e. The fourth-order valence-electron chi connectivity index (χ4n) is 1.90. The van der Waals surface area contributed by atoms with Gasteiger partial charge in [0, 0.05) is 11.6 Å². The van der Waals surface area contributed by atoms with Gasteiger partial charge in [-0.2, -0.15) is 11.3 Å². The van der Waals surface area contributed by atoms with Gasteiger partial charge in [0.15, 0.2) is 0 Å². The van der Waals surface area contributed by atoms with Crippen LogP contribution >= 0.6 is 27.3 Å². The van der Waals surface area contributed by atoms with Gasteiger partial charge in [0.2, 0.25) is 0 Å². The van der Waals surface area contributed by atoms with E-state index in [1.807, 2.05) is 5.38 Å². The third-order valence-corrected chi connectivity index (χ3v) is 4.64. The molecule has 2 aromatic heterocycles. The monoisotopic (exact) mass is 355 g/mol. The van der Waals surface area contributed by atoms with E-state index in [4.69, 9.17) is 0 Å². The minimum atomic E-state index is -0.425. The number of halogens is 1. The number of nitrogens with one attached hydrogen (secondary N) is 1. The highest BCUT2D eigenvalue weighted by Gasteiger charge is 2.18. The molecular weight excluding hydrogens is 342 g/mol. The van der Waals surface area contributed by atoms with Crippen LogP contribution in [0, 0.1) is 17.0 Å². The van der Waals surface area contributed by atoms with E-state index in [9.17, 15) is 10.1 Å². The third kappa shape index (κ3) is 3.34. The highest BCUT2D eigenvalue weighted by molar-refractivity contribution is 9.10. The number of rotatable bonds is 5. The van der Waals surface area contributed by atoms with Crippen molar-refractivity contribution in [1.29, 1.82) is 0 Å². The summed E-state index contributed by atoms with van der Waals surface area (Å²) >= 11 is 5.05. The van der Waals surface area contributed by atoms with Gasteiger partial charge < -0.3 is 5.32 Å². The van der Waals surface area contributed by atoms with Gasteiger partial charge in [0.1, 0.15) is 12.0 Å². The maximum absolute atomic E-state index is 10.8. The quantitative estimate of drug-likeness (QED) is 0.645. The number of nitrogens with zero attached hydrogens (tertiary/aromatic N) is 2. The lowest BCUT2D eigenvalue weighted by atomic mass is 10.1. The number of thiophene rings is 1. The number of aromatic nitrogens is 1. The van der Waals surface area contributed by atoms with Crippen LogP contribution in [0.2, 0.25) is 0 Å². The molecule has 7 heteroatoms. The molecule has 0 aliphatic heterocycles. The van der Waals surface area contributed by atoms with Gasteiger partial charge in [-0.25, -0.2) is 4.98 Å². The van der Waals surface area contributed by atoms with Gasteiger partial charge in [-0.15, -0.1) is 0 Å². The van der Waals surface area contributed by atoms with Crippen LogP contribution in [0.15, 0.2) is 27.5 Å². The first-order valence-corrected chi connectivity index (χ1v) is 7.79. The van der Waals surface area contributed by atoms with E-state index >= 15 is 0 Å². The SMILES string of the molecule is Cc1c([N+](=O)[O-])cnc(NC(C)Cc2ccsc2)c1Br. The molecule has 0 aliphatic rings. The Morgan fingerprint density at radius 1 is 1.60 bits per heavy atom. The van der Waals surface area contributed by atoms with E-state index in [0.717, 1.165) is 6.42 Å². The molecule has 0 saturated carbocycles. The molecule has 1 unspecified atom stereocenters. The summed E-state index contributed by atoms with van der Waals surface area (Å²) in [6.45, 7) is 3.77. The van der Waals surface area contributed by atoms with E-state index in [-0.39, 0.29) is 11.7 Å². The predicted molar refractivity (Wildman–Crippen MR) is 84.4 cm³/mol. The minimum absolute atomic E-state index is 0.0212. The Bertz CT molecular complexity index is 616. The maximum atomic E-state index is 10.8. The average molecular weight is 356 g/mol. The molecule has 5 nitrogen and oxygen atoms in total. The second-order valence-electron chi connectivity index (χ2n) is 4.57. The summed E-state index contributed by atoms with van der Waals surface area (Å²) < 4.78 is 0.642. The van der Waals surface area contributed by atoms with Crippen molar-refractivity contribution < 1.29 is 4.92 Å². The molecule has 2 aromatic rings. The molecule has 0 bridgehead atoms. The van der Waals surface area contributed by atoms with E-state index in [1.54, 1.807) is 18.3 Å². The zero-order chi connectivity index (χ0) is 14.7. The van der Waals surface area contributed by atoms with Crippen LogP contribution in [-0.4, -0.2) is 15.9 Å². The molecule has 1 N–H and O–H groups in total. The lowest BCUT2D eigenvalue weighted by molar-refractivity contribution is -0.385. The molecular formula is C13H14BrN3O2S. The number of hydrogen-bond donors (Lipinski definition) is 1. The average Bonchev–Trinajstić information content (AvgIpc) is 2.87. The summed E-state index contributed by atoms with van der Waals surface area (Å²) in [4.78, 5) is 14.6. The number of anilines is 1. The molecule has 0 amide bonds. The van der Waals surface area contributed by atoms with Crippen LogP contribution in [0.1, 0.15) is 18.1 Å². The van der Waals surface area contributed by atoms with Crippen LogP contribution in [0.3, 0.4) is 0 Å². The van der Waals surface area contributed by atoms with E-state index in [1.165, 1.54) is 11.8 Å². The van der Waals surface area contributed by atoms with Crippen molar-refractivity contribution in [1.82, 2.24) is 4.98 Å². The van der Waals surface area contributed by atoms with Gasteiger partial charge in [0.05, 0.1) is 9.40 Å². The first kappa shape index (κ1) is 14.9. The third-order valence-electron chi connectivity index (χ3n) is 2.94. The second kappa shape index (κ2) is 6.32. The van der Waals surface area contributed by atoms with Crippen molar-refractivity contribution in [2.75, 3.05) is 5.32 Å². The van der Waals surface area contributed by atoms with Crippen molar-refractivity contribution in [2.24, 2.45) is 0 Å². The lowest BCUT2D eigenvalue weighted by Gasteiger charge is -2.15. The summed E-state index contributed by atoms with van der Waals surface area (Å²) in [6.07, 6.45) is 2.17. The van der Waals surface area contributed by atoms with E-state index in [2.05, 4.69) is 44.6 Å². The van der Waals surface area contributed by atoms with Gasteiger partial charge in [0.25, 0.3) is 5.69 Å².